The number of carbonyl (C=O) groups excluding carboxylic acids is 2. The van der Waals surface area contributed by atoms with E-state index in [2.05, 4.69) is 5.32 Å². The predicted octanol–water partition coefficient (Wildman–Crippen LogP) is 2.62. The molecule has 1 saturated heterocycles. The third-order valence-electron chi connectivity index (χ3n) is 4.10. The Balaban J connectivity index is 1.88. The van der Waals surface area contributed by atoms with Gasteiger partial charge in [-0.3, -0.25) is 0 Å². The third-order valence-corrected chi connectivity index (χ3v) is 4.10. The Hall–Kier alpha value is -2.77. The highest BCUT2D eigenvalue weighted by molar-refractivity contribution is 5.80. The second kappa shape index (κ2) is 8.75. The summed E-state index contributed by atoms with van der Waals surface area (Å²) in [5, 5.41) is 11.9. The third kappa shape index (κ3) is 6.47. The first kappa shape index (κ1) is 20.5. The summed E-state index contributed by atoms with van der Waals surface area (Å²) in [6.45, 7) is 5.93. The first-order valence-corrected chi connectivity index (χ1v) is 8.83. The van der Waals surface area contributed by atoms with Gasteiger partial charge in [0.15, 0.2) is 0 Å². The van der Waals surface area contributed by atoms with Gasteiger partial charge in [0.05, 0.1) is 0 Å². The van der Waals surface area contributed by atoms with Crippen LogP contribution in [0, 0.1) is 5.92 Å². The van der Waals surface area contributed by atoms with Crippen LogP contribution in [0.2, 0.25) is 0 Å². The number of aliphatic carboxylic acids is 1. The van der Waals surface area contributed by atoms with E-state index in [1.807, 2.05) is 18.2 Å². The molecule has 0 aliphatic carbocycles. The van der Waals surface area contributed by atoms with Crippen molar-refractivity contribution in [1.29, 1.82) is 0 Å². The van der Waals surface area contributed by atoms with Gasteiger partial charge in [-0.25, -0.2) is 14.4 Å². The molecule has 2 amide bonds. The zero-order valence-electron chi connectivity index (χ0n) is 15.8. The highest BCUT2D eigenvalue weighted by Gasteiger charge is 2.38. The first-order chi connectivity index (χ1) is 12.7. The Kier molecular flexibility index (Phi) is 6.65. The minimum Gasteiger partial charge on any atom is -0.480 e. The lowest BCUT2D eigenvalue weighted by molar-refractivity contribution is -0.140. The Bertz CT molecular complexity index is 671. The normalized spacial score (nSPS) is 17.9. The van der Waals surface area contributed by atoms with Crippen molar-refractivity contribution in [3.63, 3.8) is 0 Å². The number of nitrogens with zero attached hydrogens (tertiary/aromatic N) is 1. The maximum atomic E-state index is 12.1. The number of hydrogen-bond donors (Lipinski definition) is 2. The Labute approximate surface area is 158 Å². The topological polar surface area (TPSA) is 105 Å². The van der Waals surface area contributed by atoms with Crippen molar-refractivity contribution in [2.45, 2.75) is 45.4 Å². The molecule has 1 aliphatic heterocycles. The minimum absolute atomic E-state index is 0.0493. The molecule has 1 aliphatic rings. The summed E-state index contributed by atoms with van der Waals surface area (Å²) in [4.78, 5) is 37.2. The van der Waals surface area contributed by atoms with E-state index in [0.29, 0.717) is 13.0 Å². The molecule has 0 aromatic heterocycles. The summed E-state index contributed by atoms with van der Waals surface area (Å²) in [5.41, 5.74) is 0.178. The highest BCUT2D eigenvalue weighted by atomic mass is 16.6. The van der Waals surface area contributed by atoms with Crippen molar-refractivity contribution in [3.05, 3.63) is 35.9 Å². The van der Waals surface area contributed by atoms with Crippen LogP contribution < -0.4 is 5.32 Å². The van der Waals surface area contributed by atoms with E-state index in [4.69, 9.17) is 9.47 Å². The highest BCUT2D eigenvalue weighted by Crippen LogP contribution is 2.22. The molecular weight excluding hydrogens is 352 g/mol. The number of benzene rings is 1. The molecular formula is C19H26N2O6. The molecule has 8 heteroatoms. The van der Waals surface area contributed by atoms with Crippen LogP contribution in [-0.2, 0) is 20.9 Å². The average molecular weight is 378 g/mol. The van der Waals surface area contributed by atoms with Gasteiger partial charge in [-0.05, 0) is 32.8 Å². The van der Waals surface area contributed by atoms with Crippen molar-refractivity contribution in [3.8, 4) is 0 Å². The molecule has 1 aromatic rings. The van der Waals surface area contributed by atoms with Gasteiger partial charge in [0.2, 0.25) is 0 Å². The van der Waals surface area contributed by atoms with Crippen LogP contribution in [0.25, 0.3) is 0 Å². The summed E-state index contributed by atoms with van der Waals surface area (Å²) >= 11 is 0. The van der Waals surface area contributed by atoms with E-state index in [1.165, 1.54) is 4.90 Å². The van der Waals surface area contributed by atoms with E-state index < -0.39 is 35.7 Å². The molecule has 2 rings (SSSR count). The Morgan fingerprint density at radius 2 is 1.93 bits per heavy atom. The van der Waals surface area contributed by atoms with Gasteiger partial charge in [-0.2, -0.15) is 0 Å². The molecule has 0 bridgehead atoms. The number of carboxylic acid groups (broad SMARTS) is 1. The lowest BCUT2D eigenvalue weighted by Crippen LogP contribution is -2.47. The molecule has 1 fully saturated rings. The lowest BCUT2D eigenvalue weighted by Gasteiger charge is -2.25. The first-order valence-electron chi connectivity index (χ1n) is 8.83. The second-order valence-corrected chi connectivity index (χ2v) is 7.50. The Morgan fingerprint density at radius 3 is 2.52 bits per heavy atom. The second-order valence-electron chi connectivity index (χ2n) is 7.50. The molecule has 27 heavy (non-hydrogen) atoms. The van der Waals surface area contributed by atoms with Gasteiger partial charge < -0.3 is 24.8 Å². The molecule has 8 nitrogen and oxygen atoms in total. The monoisotopic (exact) mass is 378 g/mol. The summed E-state index contributed by atoms with van der Waals surface area (Å²) in [7, 11) is 0. The quantitative estimate of drug-likeness (QED) is 0.816. The van der Waals surface area contributed by atoms with E-state index >= 15 is 0 Å². The van der Waals surface area contributed by atoms with E-state index in [-0.39, 0.29) is 13.2 Å². The number of nitrogens with one attached hydrogen (secondary N) is 1. The van der Waals surface area contributed by atoms with Gasteiger partial charge in [-0.15, -0.1) is 0 Å². The predicted molar refractivity (Wildman–Crippen MR) is 97.1 cm³/mol. The molecule has 2 N–H and O–H groups in total. The summed E-state index contributed by atoms with van der Waals surface area (Å²) in [5.74, 6) is -1.58. The van der Waals surface area contributed by atoms with Crippen LogP contribution in [0.3, 0.4) is 0 Å². The van der Waals surface area contributed by atoms with Gasteiger partial charge >= 0.3 is 18.2 Å². The molecule has 2 atom stereocenters. The molecule has 0 unspecified atom stereocenters. The van der Waals surface area contributed by atoms with Crippen LogP contribution in [-0.4, -0.2) is 52.9 Å². The zero-order valence-corrected chi connectivity index (χ0v) is 15.8. The number of alkyl carbamates (subject to hydrolysis) is 1. The van der Waals surface area contributed by atoms with Gasteiger partial charge in [0, 0.05) is 19.0 Å². The standard InChI is InChI=1S/C19H26N2O6/c1-19(2,3)27-18(25)21-10-9-14(11-21)15(16(22)23)20-17(24)26-12-13-7-5-4-6-8-13/h4-8,14-15H,9-12H2,1-3H3,(H,20,24)(H,22,23)/t14-,15+/m0/s1. The van der Waals surface area contributed by atoms with Crippen LogP contribution in [0.1, 0.15) is 32.8 Å². The fraction of sp³-hybridized carbons (Fsp3) is 0.526. The molecule has 148 valence electrons. The molecule has 0 spiro atoms. The SMILES string of the molecule is CC(C)(C)OC(=O)N1CC[C@H]([C@@H](NC(=O)OCc2ccccc2)C(=O)O)C1. The maximum absolute atomic E-state index is 12.1. The molecule has 0 saturated carbocycles. The lowest BCUT2D eigenvalue weighted by atomic mass is 9.99. The van der Waals surface area contributed by atoms with Crippen molar-refractivity contribution in [2.75, 3.05) is 13.1 Å². The van der Waals surface area contributed by atoms with Crippen LogP contribution >= 0.6 is 0 Å². The van der Waals surface area contributed by atoms with Crippen molar-refractivity contribution in [2.24, 2.45) is 5.92 Å². The zero-order chi connectivity index (χ0) is 20.0. The fourth-order valence-electron chi connectivity index (χ4n) is 2.82. The smallest absolute Gasteiger partial charge is 0.410 e. The van der Waals surface area contributed by atoms with Crippen LogP contribution in [0.4, 0.5) is 9.59 Å². The number of hydrogen-bond acceptors (Lipinski definition) is 5. The van der Waals surface area contributed by atoms with E-state index in [9.17, 15) is 19.5 Å². The van der Waals surface area contributed by atoms with Crippen molar-refractivity contribution in [1.82, 2.24) is 10.2 Å². The summed E-state index contributed by atoms with van der Waals surface area (Å²) in [6, 6.07) is 7.96. The number of carboxylic acids is 1. The number of likely N-dealkylation sites (tertiary alicyclic amines) is 1. The number of amides is 2. The van der Waals surface area contributed by atoms with Crippen LogP contribution in [0.15, 0.2) is 30.3 Å². The molecule has 0 radical (unpaired) electrons. The summed E-state index contributed by atoms with van der Waals surface area (Å²) in [6.07, 6.45) is -0.836. The fourth-order valence-corrected chi connectivity index (χ4v) is 2.82. The average Bonchev–Trinajstić information content (AvgIpc) is 3.07. The van der Waals surface area contributed by atoms with Gasteiger partial charge in [-0.1, -0.05) is 30.3 Å². The van der Waals surface area contributed by atoms with Gasteiger partial charge in [0.25, 0.3) is 0 Å². The van der Waals surface area contributed by atoms with E-state index in [0.717, 1.165) is 5.56 Å². The maximum Gasteiger partial charge on any atom is 0.410 e. The van der Waals surface area contributed by atoms with Crippen molar-refractivity contribution >= 4 is 18.2 Å². The van der Waals surface area contributed by atoms with Crippen LogP contribution in [0.5, 0.6) is 0 Å². The summed E-state index contributed by atoms with van der Waals surface area (Å²) < 4.78 is 10.4. The molecule has 1 heterocycles. The number of carbonyl (C=O) groups is 3. The Morgan fingerprint density at radius 1 is 1.26 bits per heavy atom. The number of rotatable bonds is 5. The van der Waals surface area contributed by atoms with E-state index in [1.54, 1.807) is 32.9 Å². The molecule has 1 aromatic carbocycles. The largest absolute Gasteiger partial charge is 0.480 e. The van der Waals surface area contributed by atoms with Gasteiger partial charge in [0.1, 0.15) is 18.2 Å². The van der Waals surface area contributed by atoms with Crippen molar-refractivity contribution < 1.29 is 29.0 Å². The minimum atomic E-state index is -1.16. The number of ether oxygens (including phenoxy) is 2.